The lowest BCUT2D eigenvalue weighted by molar-refractivity contribution is 0.0702. The summed E-state index contributed by atoms with van der Waals surface area (Å²) in [5.41, 5.74) is 1.49. The van der Waals surface area contributed by atoms with Crippen LogP contribution in [0, 0.1) is 18.6 Å². The second-order valence-electron chi connectivity index (χ2n) is 5.93. The van der Waals surface area contributed by atoms with Gasteiger partial charge in [-0.15, -0.1) is 11.3 Å². The largest absolute Gasteiger partial charge is 0.496 e. The molecular weight excluding hydrogens is 388 g/mol. The average Bonchev–Trinajstić information content (AvgIpc) is 3.23. The van der Waals surface area contributed by atoms with Gasteiger partial charge < -0.3 is 9.84 Å². The Balaban J connectivity index is 2.02. The van der Waals surface area contributed by atoms with Crippen LogP contribution in [0.2, 0.25) is 0 Å². The molecule has 9 heteroatoms. The first-order chi connectivity index (χ1) is 13.4. The van der Waals surface area contributed by atoms with Crippen LogP contribution in [0.15, 0.2) is 36.5 Å². The van der Waals surface area contributed by atoms with Gasteiger partial charge in [0.25, 0.3) is 0 Å². The van der Waals surface area contributed by atoms with Gasteiger partial charge in [0.15, 0.2) is 11.6 Å². The van der Waals surface area contributed by atoms with Gasteiger partial charge >= 0.3 is 5.97 Å². The normalized spacial score (nSPS) is 11.1. The Morgan fingerprint density at radius 2 is 2.00 bits per heavy atom. The molecule has 0 aliphatic rings. The zero-order valence-electron chi connectivity index (χ0n) is 14.7. The molecule has 0 fully saturated rings. The Bertz CT molecular complexity index is 1230. The summed E-state index contributed by atoms with van der Waals surface area (Å²) in [6.45, 7) is 1.77. The smallest absolute Gasteiger partial charge is 0.348 e. The minimum atomic E-state index is -1.29. The topological polar surface area (TPSA) is 76.7 Å². The quantitative estimate of drug-likeness (QED) is 0.548. The second-order valence-corrected chi connectivity index (χ2v) is 6.93. The Morgan fingerprint density at radius 1 is 1.21 bits per heavy atom. The highest BCUT2D eigenvalue weighted by Crippen LogP contribution is 2.41. The lowest BCUT2D eigenvalue weighted by atomic mass is 10.1. The van der Waals surface area contributed by atoms with Crippen LogP contribution in [-0.2, 0) is 0 Å². The molecule has 0 atom stereocenters. The van der Waals surface area contributed by atoms with E-state index in [9.17, 15) is 18.7 Å². The monoisotopic (exact) mass is 401 g/mol. The number of fused-ring (bicyclic) bond motifs is 1. The van der Waals surface area contributed by atoms with Crippen LogP contribution in [0.3, 0.4) is 0 Å². The molecule has 4 rings (SSSR count). The number of aryl methyl sites for hydroxylation is 1. The predicted molar refractivity (Wildman–Crippen MR) is 99.9 cm³/mol. The first-order valence-corrected chi connectivity index (χ1v) is 8.94. The molecule has 3 heterocycles. The van der Waals surface area contributed by atoms with Crippen molar-refractivity contribution in [2.24, 2.45) is 0 Å². The lowest BCUT2D eigenvalue weighted by Crippen LogP contribution is -2.00. The van der Waals surface area contributed by atoms with Crippen molar-refractivity contribution in [3.8, 4) is 27.6 Å². The van der Waals surface area contributed by atoms with Crippen LogP contribution in [0.5, 0.6) is 5.75 Å². The maximum atomic E-state index is 14.6. The summed E-state index contributed by atoms with van der Waals surface area (Å²) in [6.07, 6.45) is 1.76. The van der Waals surface area contributed by atoms with Crippen molar-refractivity contribution in [1.29, 1.82) is 0 Å². The number of ether oxygens (including phenoxy) is 1. The first kappa shape index (κ1) is 18.1. The number of pyridine rings is 1. The highest BCUT2D eigenvalue weighted by molar-refractivity contribution is 7.17. The number of aromatic carboxylic acids is 1. The zero-order valence-corrected chi connectivity index (χ0v) is 15.6. The third-order valence-electron chi connectivity index (χ3n) is 4.26. The predicted octanol–water partition coefficient (Wildman–Crippen LogP) is 4.42. The molecule has 0 aliphatic carbocycles. The molecule has 0 amide bonds. The van der Waals surface area contributed by atoms with E-state index in [4.69, 9.17) is 4.74 Å². The third kappa shape index (κ3) is 2.71. The van der Waals surface area contributed by atoms with E-state index in [0.717, 1.165) is 22.9 Å². The Morgan fingerprint density at radius 3 is 2.71 bits per heavy atom. The van der Waals surface area contributed by atoms with Gasteiger partial charge in [-0.05, 0) is 31.2 Å². The fourth-order valence-corrected chi connectivity index (χ4v) is 4.06. The van der Waals surface area contributed by atoms with Gasteiger partial charge in [0, 0.05) is 6.20 Å². The van der Waals surface area contributed by atoms with E-state index in [1.807, 2.05) is 18.2 Å². The molecule has 6 nitrogen and oxygen atoms in total. The van der Waals surface area contributed by atoms with Crippen molar-refractivity contribution >= 4 is 22.8 Å². The fraction of sp³-hybridized carbons (Fsp3) is 0.105. The van der Waals surface area contributed by atoms with Gasteiger partial charge in [-0.25, -0.2) is 23.1 Å². The van der Waals surface area contributed by atoms with Crippen molar-refractivity contribution in [2.45, 2.75) is 6.92 Å². The van der Waals surface area contributed by atoms with Crippen molar-refractivity contribution < 1.29 is 23.4 Å². The fourth-order valence-electron chi connectivity index (χ4n) is 3.05. The minimum Gasteiger partial charge on any atom is -0.496 e. The number of thiazole rings is 1. The number of halogens is 2. The van der Waals surface area contributed by atoms with Crippen LogP contribution >= 0.6 is 11.3 Å². The van der Waals surface area contributed by atoms with E-state index >= 15 is 0 Å². The van der Waals surface area contributed by atoms with Crippen molar-refractivity contribution in [3.63, 3.8) is 0 Å². The number of rotatable bonds is 4. The second kappa shape index (κ2) is 6.68. The van der Waals surface area contributed by atoms with E-state index < -0.39 is 17.6 Å². The molecule has 3 aromatic heterocycles. The molecular formula is C19H13F2N3O3S. The first-order valence-electron chi connectivity index (χ1n) is 8.13. The summed E-state index contributed by atoms with van der Waals surface area (Å²) in [4.78, 5) is 16.0. The summed E-state index contributed by atoms with van der Waals surface area (Å²) < 4.78 is 35.2. The van der Waals surface area contributed by atoms with E-state index in [-0.39, 0.29) is 21.9 Å². The zero-order chi connectivity index (χ0) is 20.0. The van der Waals surface area contributed by atoms with E-state index in [1.165, 1.54) is 13.2 Å². The van der Waals surface area contributed by atoms with Crippen molar-refractivity contribution in [3.05, 3.63) is 58.7 Å². The molecule has 1 aromatic carbocycles. The van der Waals surface area contributed by atoms with E-state index in [2.05, 4.69) is 10.1 Å². The molecule has 0 spiro atoms. The van der Waals surface area contributed by atoms with Gasteiger partial charge in [-0.1, -0.05) is 6.07 Å². The van der Waals surface area contributed by atoms with Crippen LogP contribution < -0.4 is 4.74 Å². The minimum absolute atomic E-state index is 0.00478. The molecule has 0 radical (unpaired) electrons. The number of hydrogen-bond acceptors (Lipinski definition) is 5. The molecule has 0 saturated heterocycles. The number of carbonyl (C=O) groups is 1. The van der Waals surface area contributed by atoms with Crippen LogP contribution in [0.4, 0.5) is 8.78 Å². The Kier molecular flexibility index (Phi) is 4.31. The van der Waals surface area contributed by atoms with Gasteiger partial charge in [0.1, 0.15) is 21.3 Å². The van der Waals surface area contributed by atoms with E-state index in [1.54, 1.807) is 17.6 Å². The number of benzene rings is 1. The maximum absolute atomic E-state index is 14.6. The highest BCUT2D eigenvalue weighted by Gasteiger charge is 2.28. The molecule has 142 valence electrons. The molecule has 0 unspecified atom stereocenters. The number of carboxylic acid groups (broad SMARTS) is 1. The number of aromatic nitrogens is 3. The van der Waals surface area contributed by atoms with Crippen molar-refractivity contribution in [1.82, 2.24) is 14.6 Å². The lowest BCUT2D eigenvalue weighted by Gasteiger charge is -2.09. The summed E-state index contributed by atoms with van der Waals surface area (Å²) >= 11 is 0.874. The molecule has 28 heavy (non-hydrogen) atoms. The standard InChI is InChI=1S/C19H13F2N3O3S/c1-9-13(11-5-3-4-8-24(11)23-9)18-22-16(17(28-18)19(25)26)14-12(27-2)7-6-10(20)15(14)21/h3-8H,1-2H3,(H,25,26). The van der Waals surface area contributed by atoms with Gasteiger partial charge in [0.2, 0.25) is 0 Å². The SMILES string of the molecule is COc1ccc(F)c(F)c1-c1nc(-c2c(C)nn3ccccc23)sc1C(=O)O. The highest BCUT2D eigenvalue weighted by atomic mass is 32.1. The summed E-state index contributed by atoms with van der Waals surface area (Å²) in [7, 11) is 1.29. The Hall–Kier alpha value is -3.33. The van der Waals surface area contributed by atoms with Gasteiger partial charge in [-0.2, -0.15) is 5.10 Å². The average molecular weight is 401 g/mol. The molecule has 0 saturated carbocycles. The van der Waals surface area contributed by atoms with Crippen LogP contribution in [-0.4, -0.2) is 32.8 Å². The van der Waals surface area contributed by atoms with Gasteiger partial charge in [-0.3, -0.25) is 0 Å². The van der Waals surface area contributed by atoms with E-state index in [0.29, 0.717) is 16.3 Å². The maximum Gasteiger partial charge on any atom is 0.348 e. The Labute approximate surface area is 161 Å². The molecule has 0 aliphatic heterocycles. The van der Waals surface area contributed by atoms with Gasteiger partial charge in [0.05, 0.1) is 29.4 Å². The van der Waals surface area contributed by atoms with Crippen LogP contribution in [0.1, 0.15) is 15.4 Å². The number of nitrogens with zero attached hydrogens (tertiary/aromatic N) is 3. The molecule has 0 bridgehead atoms. The van der Waals surface area contributed by atoms with Crippen molar-refractivity contribution in [2.75, 3.05) is 7.11 Å². The summed E-state index contributed by atoms with van der Waals surface area (Å²) in [5.74, 6) is -3.63. The molecule has 1 N–H and O–H groups in total. The summed E-state index contributed by atoms with van der Waals surface area (Å²) in [5, 5.41) is 14.4. The number of carboxylic acids is 1. The number of methoxy groups -OCH3 is 1. The summed E-state index contributed by atoms with van der Waals surface area (Å²) in [6, 6.07) is 7.61. The van der Waals surface area contributed by atoms with Crippen LogP contribution in [0.25, 0.3) is 27.3 Å². The number of hydrogen-bond donors (Lipinski definition) is 1. The molecule has 4 aromatic rings. The third-order valence-corrected chi connectivity index (χ3v) is 5.32.